The van der Waals surface area contributed by atoms with E-state index in [1.165, 1.54) is 24.6 Å². The molecule has 0 spiro atoms. The fraction of sp³-hybridized carbons (Fsp3) is 0.167. The van der Waals surface area contributed by atoms with Crippen molar-refractivity contribution >= 4 is 38.4 Å². The van der Waals surface area contributed by atoms with Crippen molar-refractivity contribution in [2.45, 2.75) is 13.2 Å². The highest BCUT2D eigenvalue weighted by molar-refractivity contribution is 7.90. The van der Waals surface area contributed by atoms with Crippen LogP contribution in [0.2, 0.25) is 5.02 Å². The number of ether oxygens (including phenoxy) is 1. The summed E-state index contributed by atoms with van der Waals surface area (Å²) >= 11 is 6.44. The molecule has 0 aliphatic heterocycles. The number of nitrogens with one attached hydrogen (secondary N) is 2. The Bertz CT molecular complexity index is 1660. The van der Waals surface area contributed by atoms with Crippen molar-refractivity contribution in [2.75, 3.05) is 23.9 Å². The summed E-state index contributed by atoms with van der Waals surface area (Å²) in [5, 5.41) is 6.58. The summed E-state index contributed by atoms with van der Waals surface area (Å²) in [6.45, 7) is 4.58. The molecule has 2 aromatic carbocycles. The van der Waals surface area contributed by atoms with E-state index in [-0.39, 0.29) is 18.2 Å². The topological polar surface area (TPSA) is 119 Å². The Morgan fingerprint density at radius 2 is 2.02 bits per heavy atom. The molecule has 1 aliphatic rings. The number of allylic oxidation sites excluding steroid dienone is 5. The van der Waals surface area contributed by atoms with E-state index in [2.05, 4.69) is 22.2 Å². The van der Waals surface area contributed by atoms with Crippen LogP contribution in [-0.2, 0) is 23.0 Å². The van der Waals surface area contributed by atoms with Gasteiger partial charge in [-0.05, 0) is 66.3 Å². The first-order valence-electron chi connectivity index (χ1n) is 12.6. The van der Waals surface area contributed by atoms with Crippen LogP contribution in [0.5, 0.6) is 5.75 Å². The molecule has 4 rings (SSSR count). The highest BCUT2D eigenvalue weighted by atomic mass is 35.5. The predicted octanol–water partition coefficient (Wildman–Crippen LogP) is 5.61. The van der Waals surface area contributed by atoms with Gasteiger partial charge in [0.25, 0.3) is 0 Å². The standard InChI is InChI=1S/C30H30ClFN4O4S/c1-3-35-27-10-7-21(28-12-9-24(40-28)18-34-13-14-41(2,37)38)16-25(27)30(33)36-23-8-11-29(26(31)17-23)39-19-20-5-4-6-22(32)15-20/h3-12,15-17,34,36H,1,13-14,18-19,33H2,2H3/b30-25+,35-27-. The molecule has 0 saturated carbocycles. The van der Waals surface area contributed by atoms with Crippen LogP contribution in [-0.4, -0.2) is 32.7 Å². The van der Waals surface area contributed by atoms with Crippen LogP contribution in [0.15, 0.2) is 106 Å². The largest absolute Gasteiger partial charge is 0.487 e. The average Bonchev–Trinajstić information content (AvgIpc) is 3.39. The first-order chi connectivity index (χ1) is 19.6. The molecule has 3 aromatic rings. The number of nitrogens with two attached hydrogens (primary N) is 1. The highest BCUT2D eigenvalue weighted by Gasteiger charge is 2.16. The Hall–Kier alpha value is -4.12. The van der Waals surface area contributed by atoms with Gasteiger partial charge in [0.15, 0.2) is 0 Å². The second kappa shape index (κ2) is 13.5. The smallest absolute Gasteiger partial charge is 0.148 e. The van der Waals surface area contributed by atoms with Crippen molar-refractivity contribution in [3.63, 3.8) is 0 Å². The van der Waals surface area contributed by atoms with Crippen LogP contribution in [0.3, 0.4) is 0 Å². The number of rotatable bonds is 12. The van der Waals surface area contributed by atoms with Gasteiger partial charge in [-0.15, -0.1) is 0 Å². The quantitative estimate of drug-likeness (QED) is 0.233. The molecule has 1 heterocycles. The third-order valence-corrected chi connectivity index (χ3v) is 7.15. The summed E-state index contributed by atoms with van der Waals surface area (Å²) in [6, 6.07) is 15.0. The molecule has 11 heteroatoms. The molecule has 4 N–H and O–H groups in total. The van der Waals surface area contributed by atoms with Crippen molar-refractivity contribution in [2.24, 2.45) is 10.7 Å². The van der Waals surface area contributed by atoms with Crippen molar-refractivity contribution < 1.29 is 22.0 Å². The maximum Gasteiger partial charge on any atom is 0.148 e. The van der Waals surface area contributed by atoms with Gasteiger partial charge in [-0.25, -0.2) is 12.8 Å². The Kier molecular flexibility index (Phi) is 9.82. The normalized spacial score (nSPS) is 15.5. The van der Waals surface area contributed by atoms with Crippen molar-refractivity contribution in [3.8, 4) is 5.75 Å². The number of nitrogens with zero attached hydrogens (tertiary/aromatic N) is 1. The van der Waals surface area contributed by atoms with Crippen LogP contribution in [0.4, 0.5) is 10.1 Å². The SMILES string of the molecule is C=C/N=C1/C=CC(c2ccc(CNCCS(C)(=O)=O)o2)=C/C1=C(/N)Nc1ccc(OCc2cccc(F)c2)c(Cl)c1. The summed E-state index contributed by atoms with van der Waals surface area (Å²) in [7, 11) is -3.03. The molecule has 41 heavy (non-hydrogen) atoms. The van der Waals surface area contributed by atoms with E-state index in [9.17, 15) is 12.8 Å². The average molecular weight is 597 g/mol. The van der Waals surface area contributed by atoms with Gasteiger partial charge in [-0.1, -0.05) is 30.3 Å². The number of aliphatic imine (C=N–C) groups is 1. The Morgan fingerprint density at radius 1 is 1.20 bits per heavy atom. The van der Waals surface area contributed by atoms with E-state index >= 15 is 0 Å². The fourth-order valence-corrected chi connectivity index (χ4v) is 4.67. The monoisotopic (exact) mass is 596 g/mol. The minimum Gasteiger partial charge on any atom is -0.487 e. The van der Waals surface area contributed by atoms with Gasteiger partial charge >= 0.3 is 0 Å². The van der Waals surface area contributed by atoms with Crippen LogP contribution < -0.4 is 21.1 Å². The highest BCUT2D eigenvalue weighted by Crippen LogP contribution is 2.30. The molecular weight excluding hydrogens is 567 g/mol. The van der Waals surface area contributed by atoms with E-state index in [4.69, 9.17) is 26.5 Å². The van der Waals surface area contributed by atoms with Gasteiger partial charge < -0.3 is 25.5 Å². The number of hydrogen-bond donors (Lipinski definition) is 3. The lowest BCUT2D eigenvalue weighted by Gasteiger charge is -2.16. The third-order valence-electron chi connectivity index (χ3n) is 5.91. The summed E-state index contributed by atoms with van der Waals surface area (Å²) in [5.41, 5.74) is 9.78. The maximum absolute atomic E-state index is 13.4. The lowest BCUT2D eigenvalue weighted by Crippen LogP contribution is -2.21. The molecule has 0 amide bonds. The molecule has 0 unspecified atom stereocenters. The first-order valence-corrected chi connectivity index (χ1v) is 15.0. The fourth-order valence-electron chi connectivity index (χ4n) is 3.92. The van der Waals surface area contributed by atoms with Crippen molar-refractivity contribution in [1.29, 1.82) is 0 Å². The molecule has 1 aromatic heterocycles. The lowest BCUT2D eigenvalue weighted by atomic mass is 9.98. The zero-order valence-electron chi connectivity index (χ0n) is 22.4. The van der Waals surface area contributed by atoms with Crippen LogP contribution in [0.1, 0.15) is 17.1 Å². The van der Waals surface area contributed by atoms with Gasteiger partial charge in [-0.2, -0.15) is 0 Å². The molecule has 0 saturated heterocycles. The molecule has 0 fully saturated rings. The van der Waals surface area contributed by atoms with Crippen molar-refractivity contribution in [3.05, 3.63) is 125 Å². The molecule has 0 atom stereocenters. The zero-order chi connectivity index (χ0) is 29.4. The number of sulfone groups is 1. The summed E-state index contributed by atoms with van der Waals surface area (Å²) in [4.78, 5) is 4.33. The number of furan rings is 1. The Morgan fingerprint density at radius 3 is 2.76 bits per heavy atom. The van der Waals surface area contributed by atoms with E-state index in [1.807, 2.05) is 30.4 Å². The second-order valence-corrected chi connectivity index (χ2v) is 11.9. The maximum atomic E-state index is 13.4. The minimum atomic E-state index is -3.03. The number of anilines is 1. The van der Waals surface area contributed by atoms with E-state index < -0.39 is 9.84 Å². The van der Waals surface area contributed by atoms with E-state index in [0.29, 0.717) is 63.7 Å². The molecule has 214 valence electrons. The van der Waals surface area contributed by atoms with Gasteiger partial charge in [-0.3, -0.25) is 4.99 Å². The summed E-state index contributed by atoms with van der Waals surface area (Å²) in [6.07, 6.45) is 8.15. The molecule has 0 radical (unpaired) electrons. The van der Waals surface area contributed by atoms with Crippen LogP contribution in [0, 0.1) is 5.82 Å². The molecular formula is C30H30ClFN4O4S. The molecule has 1 aliphatic carbocycles. The van der Waals surface area contributed by atoms with Gasteiger partial charge in [0.05, 0.1) is 23.0 Å². The van der Waals surface area contributed by atoms with E-state index in [1.54, 1.807) is 30.3 Å². The van der Waals surface area contributed by atoms with Crippen LogP contribution in [0.25, 0.3) is 5.57 Å². The van der Waals surface area contributed by atoms with Crippen molar-refractivity contribution in [1.82, 2.24) is 5.32 Å². The van der Waals surface area contributed by atoms with Crippen LogP contribution >= 0.6 is 11.6 Å². The first kappa shape index (κ1) is 29.9. The number of halogens is 2. The van der Waals surface area contributed by atoms with Gasteiger partial charge in [0.2, 0.25) is 0 Å². The van der Waals surface area contributed by atoms with Gasteiger partial charge in [0, 0.05) is 35.8 Å². The molecule has 8 nitrogen and oxygen atoms in total. The number of hydrogen-bond acceptors (Lipinski definition) is 8. The summed E-state index contributed by atoms with van der Waals surface area (Å²) in [5.74, 6) is 1.78. The number of benzene rings is 2. The molecule has 0 bridgehead atoms. The Labute approximate surface area is 243 Å². The zero-order valence-corrected chi connectivity index (χ0v) is 23.9. The van der Waals surface area contributed by atoms with Gasteiger partial charge in [0.1, 0.15) is 45.4 Å². The second-order valence-electron chi connectivity index (χ2n) is 9.22. The summed E-state index contributed by atoms with van der Waals surface area (Å²) < 4.78 is 47.8. The predicted molar refractivity (Wildman–Crippen MR) is 162 cm³/mol. The third kappa shape index (κ3) is 8.68. The van der Waals surface area contributed by atoms with E-state index in [0.717, 1.165) is 5.57 Å². The lowest BCUT2D eigenvalue weighted by molar-refractivity contribution is 0.306. The minimum absolute atomic E-state index is 0.0518. The Balaban J connectivity index is 1.48.